The molecule has 0 saturated heterocycles. The van der Waals surface area contributed by atoms with Gasteiger partial charge in [0.25, 0.3) is 0 Å². The lowest BCUT2D eigenvalue weighted by molar-refractivity contribution is -0.136. The molecular formula is C32H44N4O5S. The molecular weight excluding hydrogens is 552 g/mol. The molecule has 1 aliphatic heterocycles. The third-order valence-corrected chi connectivity index (χ3v) is 6.15. The van der Waals surface area contributed by atoms with Gasteiger partial charge in [-0.15, -0.1) is 0 Å². The second-order valence-electron chi connectivity index (χ2n) is 9.81. The quantitative estimate of drug-likeness (QED) is 0.0414. The average Bonchev–Trinajstić information content (AvgIpc) is 2.92. The lowest BCUT2D eigenvalue weighted by atomic mass is 9.92. The minimum absolute atomic E-state index is 0.0654. The first-order valence-corrected chi connectivity index (χ1v) is 14.1. The van der Waals surface area contributed by atoms with E-state index in [0.29, 0.717) is 39.9 Å². The average molecular weight is 597 g/mol. The van der Waals surface area contributed by atoms with E-state index in [0.717, 1.165) is 35.1 Å². The van der Waals surface area contributed by atoms with E-state index in [1.165, 1.54) is 6.92 Å². The summed E-state index contributed by atoms with van der Waals surface area (Å²) in [7, 11) is 1.78. The van der Waals surface area contributed by atoms with E-state index in [4.69, 9.17) is 25.4 Å². The highest BCUT2D eigenvalue weighted by molar-refractivity contribution is 7.80. The number of aliphatic hydroxyl groups is 1. The third kappa shape index (κ3) is 11.9. The fraction of sp³-hybridized carbons (Fsp3) is 0.344. The van der Waals surface area contributed by atoms with Crippen LogP contribution in [0.15, 0.2) is 71.4 Å². The van der Waals surface area contributed by atoms with Crippen molar-refractivity contribution in [1.29, 1.82) is 5.41 Å². The summed E-state index contributed by atoms with van der Waals surface area (Å²) in [5, 5.41) is 20.0. The number of nitrogens with one attached hydrogen (secondary N) is 2. The number of hydrogen-bond acceptors (Lipinski definition) is 9. The van der Waals surface area contributed by atoms with Crippen molar-refractivity contribution in [2.75, 3.05) is 31.9 Å². The van der Waals surface area contributed by atoms with Gasteiger partial charge in [0, 0.05) is 66.2 Å². The van der Waals surface area contributed by atoms with Crippen LogP contribution in [-0.2, 0) is 14.3 Å². The van der Waals surface area contributed by atoms with E-state index >= 15 is 0 Å². The van der Waals surface area contributed by atoms with Crippen molar-refractivity contribution in [1.82, 2.24) is 10.2 Å². The zero-order chi connectivity index (χ0) is 31.8. The number of ether oxygens (including phenoxy) is 1. The Morgan fingerprint density at radius 3 is 2.43 bits per heavy atom. The first-order valence-electron chi connectivity index (χ1n) is 13.5. The van der Waals surface area contributed by atoms with Gasteiger partial charge in [-0.1, -0.05) is 32.6 Å². The lowest BCUT2D eigenvalue weighted by Crippen LogP contribution is -2.21. The SMILES string of the molecule is C=C/C=C(OC(C)=O)\C(=C/C)c1c2ccc(=N)cc-2oc2cc(N)ccc12.CC(=O)NCCC(C)C.CN(CO)CS. The first-order chi connectivity index (χ1) is 19.9. The normalized spacial score (nSPS) is 11.5. The van der Waals surface area contributed by atoms with Crippen LogP contribution < -0.4 is 16.4 Å². The molecule has 10 heteroatoms. The first kappa shape index (κ1) is 36.2. The molecule has 0 saturated carbocycles. The van der Waals surface area contributed by atoms with E-state index in [9.17, 15) is 9.59 Å². The number of nitrogens with two attached hydrogens (primary N) is 1. The van der Waals surface area contributed by atoms with Crippen LogP contribution >= 0.6 is 12.6 Å². The van der Waals surface area contributed by atoms with Gasteiger partial charge in [0.05, 0.1) is 12.1 Å². The highest BCUT2D eigenvalue weighted by Crippen LogP contribution is 2.40. The topological polar surface area (TPSA) is 142 Å². The smallest absolute Gasteiger partial charge is 0.308 e. The summed E-state index contributed by atoms with van der Waals surface area (Å²) < 4.78 is 11.4. The molecule has 5 N–H and O–H groups in total. The highest BCUT2D eigenvalue weighted by atomic mass is 32.1. The Morgan fingerprint density at radius 2 is 1.93 bits per heavy atom. The number of esters is 1. The highest BCUT2D eigenvalue weighted by Gasteiger charge is 2.21. The Labute approximate surface area is 254 Å². The second-order valence-corrected chi connectivity index (χ2v) is 10.1. The van der Waals surface area contributed by atoms with Crippen LogP contribution in [0.4, 0.5) is 5.69 Å². The van der Waals surface area contributed by atoms with Crippen molar-refractivity contribution in [3.8, 4) is 11.3 Å². The number of carbonyl (C=O) groups is 2. The summed E-state index contributed by atoms with van der Waals surface area (Å²) in [5.41, 5.74) is 9.44. The zero-order valence-electron chi connectivity index (χ0n) is 25.4. The largest absolute Gasteiger partial charge is 0.456 e. The third-order valence-electron chi connectivity index (χ3n) is 5.67. The molecule has 42 heavy (non-hydrogen) atoms. The molecule has 1 aromatic carbocycles. The summed E-state index contributed by atoms with van der Waals surface area (Å²) in [6.45, 7) is 13.7. The molecule has 1 amide bonds. The molecule has 1 aromatic rings. The van der Waals surface area contributed by atoms with Crippen LogP contribution in [0.2, 0.25) is 0 Å². The van der Waals surface area contributed by atoms with Crippen LogP contribution in [0.5, 0.6) is 0 Å². The standard InChI is InChI=1S/C22H20N2O3.C7H15NO.C3H9NOS/c1-4-6-19(26-13(3)25)16(5-2)22-17-9-7-14(23)11-20(17)27-21-12-15(24)8-10-18(21)22;1-6(2)4-5-8-7(3)9;1-4(2-5)3-6/h4-12,23H,1,24H2,2-3H3;6H,4-5H2,1-3H3,(H,8,9);5-6H,2-3H2,1H3/b16-5+,19-6+,23-14?;;. The number of carbonyl (C=O) groups excluding carboxylic acids is 2. The minimum Gasteiger partial charge on any atom is -0.456 e. The summed E-state index contributed by atoms with van der Waals surface area (Å²) in [5.74, 6) is 1.87. The van der Waals surface area contributed by atoms with Gasteiger partial charge in [-0.3, -0.25) is 14.5 Å². The number of thiol groups is 1. The molecule has 0 fully saturated rings. The van der Waals surface area contributed by atoms with E-state index in [2.05, 4.69) is 38.4 Å². The number of aliphatic hydroxyl groups excluding tert-OH is 1. The van der Waals surface area contributed by atoms with E-state index < -0.39 is 5.97 Å². The molecule has 3 rings (SSSR count). The zero-order valence-corrected chi connectivity index (χ0v) is 26.3. The van der Waals surface area contributed by atoms with Gasteiger partial charge in [-0.25, -0.2) is 0 Å². The molecule has 0 atom stereocenters. The fourth-order valence-corrected chi connectivity index (χ4v) is 3.72. The van der Waals surface area contributed by atoms with Crippen molar-refractivity contribution in [2.24, 2.45) is 5.92 Å². The van der Waals surface area contributed by atoms with Gasteiger partial charge < -0.3 is 30.7 Å². The van der Waals surface area contributed by atoms with Crippen molar-refractivity contribution < 1.29 is 23.8 Å². The maximum absolute atomic E-state index is 11.6. The molecule has 0 bridgehead atoms. The van der Waals surface area contributed by atoms with E-state index in [1.54, 1.807) is 55.3 Å². The molecule has 9 nitrogen and oxygen atoms in total. The Hall–Kier alpha value is -3.86. The van der Waals surface area contributed by atoms with Crippen molar-refractivity contribution >= 4 is 46.7 Å². The second kappa shape index (κ2) is 18.5. The van der Waals surface area contributed by atoms with Gasteiger partial charge in [0.2, 0.25) is 5.91 Å². The number of rotatable bonds is 9. The van der Waals surface area contributed by atoms with Crippen molar-refractivity contribution in [3.05, 3.63) is 77.9 Å². The summed E-state index contributed by atoms with van der Waals surface area (Å²) in [6, 6.07) is 10.6. The predicted octanol–water partition coefficient (Wildman–Crippen LogP) is 5.56. The fourth-order valence-electron chi connectivity index (χ4n) is 3.63. The monoisotopic (exact) mass is 596 g/mol. The van der Waals surface area contributed by atoms with Gasteiger partial charge in [0.1, 0.15) is 17.1 Å². The van der Waals surface area contributed by atoms with E-state index in [1.807, 2.05) is 25.1 Å². The molecule has 0 unspecified atom stereocenters. The number of anilines is 1. The minimum atomic E-state index is -0.422. The Bertz CT molecular complexity index is 1420. The van der Waals surface area contributed by atoms with Crippen LogP contribution in [0, 0.1) is 11.3 Å². The molecule has 0 radical (unpaired) electrons. The van der Waals surface area contributed by atoms with Crippen molar-refractivity contribution in [3.63, 3.8) is 0 Å². The summed E-state index contributed by atoms with van der Waals surface area (Å²) in [4.78, 5) is 23.6. The molecule has 1 heterocycles. The molecule has 228 valence electrons. The number of nitrogen functional groups attached to an aromatic ring is 1. The number of allylic oxidation sites excluding steroid dienone is 4. The maximum atomic E-state index is 11.6. The number of benzene rings is 2. The number of fused-ring (bicyclic) bond motifs is 2. The van der Waals surface area contributed by atoms with Crippen LogP contribution in [0.3, 0.4) is 0 Å². The summed E-state index contributed by atoms with van der Waals surface area (Å²) >= 11 is 3.86. The van der Waals surface area contributed by atoms with Gasteiger partial charge in [-0.2, -0.15) is 12.6 Å². The van der Waals surface area contributed by atoms with Gasteiger partial charge >= 0.3 is 5.97 Å². The maximum Gasteiger partial charge on any atom is 0.308 e. The summed E-state index contributed by atoms with van der Waals surface area (Å²) in [6.07, 6.45) is 6.16. The number of hydrogen-bond donors (Lipinski definition) is 5. The van der Waals surface area contributed by atoms with Gasteiger partial charge in [-0.05, 0) is 56.7 Å². The van der Waals surface area contributed by atoms with Crippen LogP contribution in [0.25, 0.3) is 27.9 Å². The molecule has 0 spiro atoms. The van der Waals surface area contributed by atoms with Crippen LogP contribution in [0.1, 0.15) is 46.6 Å². The molecule has 0 aromatic heterocycles. The molecule has 1 aliphatic carbocycles. The van der Waals surface area contributed by atoms with Crippen molar-refractivity contribution in [2.45, 2.75) is 41.0 Å². The lowest BCUT2D eigenvalue weighted by Gasteiger charge is -2.19. The Morgan fingerprint density at radius 1 is 1.24 bits per heavy atom. The molecule has 2 aliphatic rings. The number of amides is 1. The Balaban J connectivity index is 0.000000486. The number of nitrogens with zero attached hydrogens (tertiary/aromatic N) is 1. The Kier molecular flexibility index (Phi) is 16.0. The predicted molar refractivity (Wildman–Crippen MR) is 174 cm³/mol. The van der Waals surface area contributed by atoms with Crippen LogP contribution in [-0.4, -0.2) is 48.1 Å². The van der Waals surface area contributed by atoms with Gasteiger partial charge in [0.15, 0.2) is 0 Å². The van der Waals surface area contributed by atoms with E-state index in [-0.39, 0.29) is 12.6 Å².